The minimum atomic E-state index is -0.111. The van der Waals surface area contributed by atoms with Gasteiger partial charge in [-0.05, 0) is 41.3 Å². The van der Waals surface area contributed by atoms with E-state index in [0.717, 1.165) is 13.1 Å². The first-order chi connectivity index (χ1) is 11.1. The lowest BCUT2D eigenvalue weighted by Gasteiger charge is -2.14. The fourth-order valence-electron chi connectivity index (χ4n) is 2.58. The fraction of sp³-hybridized carbons (Fsp3) is 0.316. The Balaban J connectivity index is 1.75. The van der Waals surface area contributed by atoms with Gasteiger partial charge in [0.1, 0.15) is 5.75 Å². The molecular weight excluding hydrogens is 288 g/mol. The topological polar surface area (TPSA) is 50.4 Å². The quantitative estimate of drug-likeness (QED) is 0.887. The van der Waals surface area contributed by atoms with E-state index < -0.39 is 0 Å². The number of anilines is 1. The van der Waals surface area contributed by atoms with E-state index >= 15 is 0 Å². The Kier molecular flexibility index (Phi) is 4.63. The van der Waals surface area contributed by atoms with Crippen molar-refractivity contribution in [3.8, 4) is 5.75 Å². The first-order valence-electron chi connectivity index (χ1n) is 7.99. The summed E-state index contributed by atoms with van der Waals surface area (Å²) in [5.41, 5.74) is 3.84. The van der Waals surface area contributed by atoms with Crippen LogP contribution in [0.25, 0.3) is 0 Å². The summed E-state index contributed by atoms with van der Waals surface area (Å²) in [4.78, 5) is 12.5. The monoisotopic (exact) mass is 310 g/mol. The molecular formula is C19H22N2O2. The summed E-state index contributed by atoms with van der Waals surface area (Å²) < 4.78 is 5.78. The SMILES string of the molecule is CC(C)COc1ccccc1NC(=O)c1ccc2c(c1)CNC2. The summed E-state index contributed by atoms with van der Waals surface area (Å²) in [7, 11) is 0. The van der Waals surface area contributed by atoms with Crippen LogP contribution in [0.5, 0.6) is 5.75 Å². The molecule has 0 atom stereocenters. The van der Waals surface area contributed by atoms with Crippen LogP contribution in [-0.2, 0) is 13.1 Å². The molecule has 2 N–H and O–H groups in total. The lowest BCUT2D eigenvalue weighted by atomic mass is 10.1. The average Bonchev–Trinajstić information content (AvgIpc) is 3.01. The Morgan fingerprint density at radius 2 is 1.96 bits per heavy atom. The maximum atomic E-state index is 12.5. The standard InChI is InChI=1S/C19H22N2O2/c1-13(2)12-23-18-6-4-3-5-17(18)21-19(22)14-7-8-15-10-20-11-16(15)9-14/h3-9,13,20H,10-12H2,1-2H3,(H,21,22). The number of carbonyl (C=O) groups is 1. The number of para-hydroxylation sites is 2. The van der Waals surface area contributed by atoms with E-state index in [-0.39, 0.29) is 5.91 Å². The van der Waals surface area contributed by atoms with Crippen LogP contribution in [0.15, 0.2) is 42.5 Å². The highest BCUT2D eigenvalue weighted by Gasteiger charge is 2.15. The highest BCUT2D eigenvalue weighted by atomic mass is 16.5. The number of carbonyl (C=O) groups excluding carboxylic acids is 1. The van der Waals surface area contributed by atoms with Gasteiger partial charge in [0, 0.05) is 18.7 Å². The molecule has 1 aliphatic heterocycles. The van der Waals surface area contributed by atoms with Crippen molar-refractivity contribution < 1.29 is 9.53 Å². The molecule has 3 rings (SSSR count). The molecule has 0 spiro atoms. The molecule has 2 aromatic carbocycles. The fourth-order valence-corrected chi connectivity index (χ4v) is 2.58. The molecule has 1 amide bonds. The van der Waals surface area contributed by atoms with Crippen molar-refractivity contribution in [2.45, 2.75) is 26.9 Å². The Hall–Kier alpha value is -2.33. The van der Waals surface area contributed by atoms with E-state index in [1.165, 1.54) is 11.1 Å². The number of fused-ring (bicyclic) bond motifs is 1. The Bertz CT molecular complexity index is 710. The molecule has 2 aromatic rings. The zero-order valence-corrected chi connectivity index (χ0v) is 13.6. The second kappa shape index (κ2) is 6.84. The lowest BCUT2D eigenvalue weighted by Crippen LogP contribution is -2.14. The molecule has 120 valence electrons. The van der Waals surface area contributed by atoms with Gasteiger partial charge in [-0.1, -0.05) is 32.0 Å². The van der Waals surface area contributed by atoms with E-state index in [0.29, 0.717) is 29.5 Å². The molecule has 1 aliphatic rings. The molecule has 0 radical (unpaired) electrons. The van der Waals surface area contributed by atoms with Crippen molar-refractivity contribution in [2.24, 2.45) is 5.92 Å². The van der Waals surface area contributed by atoms with Gasteiger partial charge < -0.3 is 15.4 Å². The first kappa shape index (κ1) is 15.6. The van der Waals surface area contributed by atoms with E-state index in [4.69, 9.17) is 4.74 Å². The smallest absolute Gasteiger partial charge is 0.255 e. The minimum Gasteiger partial charge on any atom is -0.491 e. The molecule has 23 heavy (non-hydrogen) atoms. The summed E-state index contributed by atoms with van der Waals surface area (Å²) in [5, 5.41) is 6.25. The van der Waals surface area contributed by atoms with E-state index in [2.05, 4.69) is 24.5 Å². The number of amides is 1. The van der Waals surface area contributed by atoms with E-state index in [1.54, 1.807) is 0 Å². The van der Waals surface area contributed by atoms with Gasteiger partial charge >= 0.3 is 0 Å². The van der Waals surface area contributed by atoms with Crippen LogP contribution in [0.4, 0.5) is 5.69 Å². The maximum absolute atomic E-state index is 12.5. The van der Waals surface area contributed by atoms with E-state index in [1.807, 2.05) is 42.5 Å². The molecule has 0 aromatic heterocycles. The zero-order valence-electron chi connectivity index (χ0n) is 13.6. The molecule has 4 nitrogen and oxygen atoms in total. The van der Waals surface area contributed by atoms with Gasteiger partial charge in [-0.25, -0.2) is 0 Å². The molecule has 0 aliphatic carbocycles. The maximum Gasteiger partial charge on any atom is 0.255 e. The average molecular weight is 310 g/mol. The summed E-state index contributed by atoms with van der Waals surface area (Å²) in [6, 6.07) is 13.4. The molecule has 0 saturated heterocycles. The predicted octanol–water partition coefficient (Wildman–Crippen LogP) is 3.58. The number of rotatable bonds is 5. The summed E-state index contributed by atoms with van der Waals surface area (Å²) in [6.45, 7) is 6.52. The number of nitrogens with one attached hydrogen (secondary N) is 2. The Morgan fingerprint density at radius 3 is 2.78 bits per heavy atom. The lowest BCUT2D eigenvalue weighted by molar-refractivity contribution is 0.102. The van der Waals surface area contributed by atoms with E-state index in [9.17, 15) is 4.79 Å². The number of ether oxygens (including phenoxy) is 1. The molecule has 0 bridgehead atoms. The van der Waals surface area contributed by atoms with Crippen molar-refractivity contribution in [3.05, 3.63) is 59.2 Å². The van der Waals surface area contributed by atoms with Gasteiger partial charge in [0.25, 0.3) is 5.91 Å². The molecule has 0 saturated carbocycles. The predicted molar refractivity (Wildman–Crippen MR) is 91.7 cm³/mol. The van der Waals surface area contributed by atoms with Crippen molar-refractivity contribution in [1.29, 1.82) is 0 Å². The normalized spacial score (nSPS) is 13.0. The van der Waals surface area contributed by atoms with Gasteiger partial charge in [-0.15, -0.1) is 0 Å². The highest BCUT2D eigenvalue weighted by Crippen LogP contribution is 2.25. The van der Waals surface area contributed by atoms with Crippen LogP contribution < -0.4 is 15.4 Å². The van der Waals surface area contributed by atoms with Crippen molar-refractivity contribution >= 4 is 11.6 Å². The number of hydrogen-bond acceptors (Lipinski definition) is 3. The zero-order chi connectivity index (χ0) is 16.2. The number of hydrogen-bond donors (Lipinski definition) is 2. The van der Waals surface area contributed by atoms with Crippen molar-refractivity contribution in [3.63, 3.8) is 0 Å². The largest absolute Gasteiger partial charge is 0.491 e. The second-order valence-electron chi connectivity index (χ2n) is 6.24. The minimum absolute atomic E-state index is 0.111. The summed E-state index contributed by atoms with van der Waals surface area (Å²) >= 11 is 0. The third-order valence-corrected chi connectivity index (χ3v) is 3.81. The van der Waals surface area contributed by atoms with Crippen LogP contribution in [0.1, 0.15) is 35.3 Å². The summed E-state index contributed by atoms with van der Waals surface area (Å²) in [6.07, 6.45) is 0. The van der Waals surface area contributed by atoms with Crippen molar-refractivity contribution in [2.75, 3.05) is 11.9 Å². The van der Waals surface area contributed by atoms with Crippen LogP contribution >= 0.6 is 0 Å². The van der Waals surface area contributed by atoms with Gasteiger partial charge in [-0.2, -0.15) is 0 Å². The van der Waals surface area contributed by atoms with Crippen LogP contribution in [0, 0.1) is 5.92 Å². The molecule has 0 fully saturated rings. The third kappa shape index (κ3) is 3.71. The molecule has 4 heteroatoms. The third-order valence-electron chi connectivity index (χ3n) is 3.81. The highest BCUT2D eigenvalue weighted by molar-refractivity contribution is 6.05. The second-order valence-corrected chi connectivity index (χ2v) is 6.24. The van der Waals surface area contributed by atoms with Gasteiger partial charge in [0.05, 0.1) is 12.3 Å². The van der Waals surface area contributed by atoms with Crippen LogP contribution in [0.3, 0.4) is 0 Å². The van der Waals surface area contributed by atoms with Crippen molar-refractivity contribution in [1.82, 2.24) is 5.32 Å². The first-order valence-corrected chi connectivity index (χ1v) is 7.99. The Morgan fingerprint density at radius 1 is 1.17 bits per heavy atom. The molecule has 0 unspecified atom stereocenters. The summed E-state index contributed by atoms with van der Waals surface area (Å²) in [5.74, 6) is 1.03. The van der Waals surface area contributed by atoms with Crippen LogP contribution in [0.2, 0.25) is 0 Å². The Labute approximate surface area is 136 Å². The number of benzene rings is 2. The molecule has 1 heterocycles. The van der Waals surface area contributed by atoms with Gasteiger partial charge in [-0.3, -0.25) is 4.79 Å². The van der Waals surface area contributed by atoms with Gasteiger partial charge in [0.15, 0.2) is 0 Å². The van der Waals surface area contributed by atoms with Crippen LogP contribution in [-0.4, -0.2) is 12.5 Å². The van der Waals surface area contributed by atoms with Gasteiger partial charge in [0.2, 0.25) is 0 Å².